The Kier molecular flexibility index (Phi) is 3.14. The first-order valence-corrected chi connectivity index (χ1v) is 7.76. The van der Waals surface area contributed by atoms with Crippen LogP contribution in [0.15, 0.2) is 0 Å². The van der Waals surface area contributed by atoms with Gasteiger partial charge in [-0.2, -0.15) is 0 Å². The summed E-state index contributed by atoms with van der Waals surface area (Å²) in [5, 5.41) is 1.08. The third-order valence-corrected chi connectivity index (χ3v) is 5.32. The van der Waals surface area contributed by atoms with E-state index in [0.29, 0.717) is 18.2 Å². The van der Waals surface area contributed by atoms with Crippen molar-refractivity contribution in [2.45, 2.75) is 52.0 Å². The first-order valence-electron chi connectivity index (χ1n) is 6.94. The Bertz CT molecular complexity index is 468. The molecule has 2 aliphatic rings. The number of Topliss-reactive ketones (excluding diaryl/α,β-unsaturated/α-hetero) is 1. The molecule has 18 heavy (non-hydrogen) atoms. The SMILES string of the molecule is CC1CCN(c2nc3c(s2)C(=O)CCC3)C(C)C1. The van der Waals surface area contributed by atoms with Crippen LogP contribution in [0.25, 0.3) is 0 Å². The summed E-state index contributed by atoms with van der Waals surface area (Å²) in [6.07, 6.45) is 5.14. The van der Waals surface area contributed by atoms with Gasteiger partial charge in [0.15, 0.2) is 10.9 Å². The van der Waals surface area contributed by atoms with E-state index in [9.17, 15) is 4.79 Å². The third kappa shape index (κ3) is 2.07. The number of anilines is 1. The number of fused-ring (bicyclic) bond motifs is 1. The Morgan fingerprint density at radius 1 is 1.33 bits per heavy atom. The normalized spacial score (nSPS) is 28.3. The van der Waals surface area contributed by atoms with E-state index in [-0.39, 0.29) is 0 Å². The molecule has 1 fully saturated rings. The molecule has 1 aromatic heterocycles. The van der Waals surface area contributed by atoms with Crippen LogP contribution in [0.3, 0.4) is 0 Å². The second-order valence-corrected chi connectivity index (χ2v) is 6.70. The number of carbonyl (C=O) groups excluding carboxylic acids is 1. The van der Waals surface area contributed by atoms with Gasteiger partial charge in [-0.25, -0.2) is 4.98 Å². The number of ketones is 1. The number of thiazole rings is 1. The molecular formula is C14H20N2OS. The maximum Gasteiger partial charge on any atom is 0.186 e. The molecule has 1 aliphatic carbocycles. The van der Waals surface area contributed by atoms with E-state index in [1.807, 2.05) is 0 Å². The molecule has 2 heterocycles. The van der Waals surface area contributed by atoms with Crippen molar-refractivity contribution >= 4 is 22.3 Å². The first-order chi connectivity index (χ1) is 8.65. The number of aryl methyl sites for hydroxylation is 1. The molecule has 1 aromatic rings. The predicted molar refractivity (Wildman–Crippen MR) is 74.6 cm³/mol. The van der Waals surface area contributed by atoms with Crippen molar-refractivity contribution in [1.82, 2.24) is 4.98 Å². The lowest BCUT2D eigenvalue weighted by Crippen LogP contribution is -2.40. The van der Waals surface area contributed by atoms with Gasteiger partial charge in [0, 0.05) is 19.0 Å². The summed E-state index contributed by atoms with van der Waals surface area (Å²) >= 11 is 1.62. The van der Waals surface area contributed by atoms with Crippen LogP contribution >= 0.6 is 11.3 Å². The highest BCUT2D eigenvalue weighted by molar-refractivity contribution is 7.17. The van der Waals surface area contributed by atoms with Crippen LogP contribution < -0.4 is 4.90 Å². The highest BCUT2D eigenvalue weighted by Gasteiger charge is 2.28. The van der Waals surface area contributed by atoms with Gasteiger partial charge in [0.05, 0.1) is 10.6 Å². The number of rotatable bonds is 1. The average Bonchev–Trinajstić information content (AvgIpc) is 2.74. The highest BCUT2D eigenvalue weighted by Crippen LogP contribution is 2.35. The molecular weight excluding hydrogens is 244 g/mol. The number of nitrogens with zero attached hydrogens (tertiary/aromatic N) is 2. The summed E-state index contributed by atoms with van der Waals surface area (Å²) in [6, 6.07) is 0.552. The fourth-order valence-corrected chi connectivity index (χ4v) is 4.28. The van der Waals surface area contributed by atoms with Gasteiger partial charge < -0.3 is 4.90 Å². The molecule has 3 nitrogen and oxygen atoms in total. The quantitative estimate of drug-likeness (QED) is 0.780. The van der Waals surface area contributed by atoms with E-state index in [1.54, 1.807) is 11.3 Å². The zero-order valence-electron chi connectivity index (χ0n) is 11.1. The molecule has 0 N–H and O–H groups in total. The minimum atomic E-state index is 0.304. The number of carbonyl (C=O) groups is 1. The van der Waals surface area contributed by atoms with Crippen molar-refractivity contribution in [1.29, 1.82) is 0 Å². The Labute approximate surface area is 112 Å². The van der Waals surface area contributed by atoms with Crippen molar-refractivity contribution in [2.24, 2.45) is 5.92 Å². The van der Waals surface area contributed by atoms with Gasteiger partial charge in [-0.1, -0.05) is 18.3 Å². The fourth-order valence-electron chi connectivity index (χ4n) is 3.07. The smallest absolute Gasteiger partial charge is 0.186 e. The van der Waals surface area contributed by atoms with Gasteiger partial charge in [-0.05, 0) is 38.5 Å². The molecule has 4 heteroatoms. The summed E-state index contributed by atoms with van der Waals surface area (Å²) in [5.74, 6) is 1.12. The third-order valence-electron chi connectivity index (χ3n) is 4.14. The molecule has 1 saturated heterocycles. The lowest BCUT2D eigenvalue weighted by Gasteiger charge is -2.36. The van der Waals surface area contributed by atoms with Crippen molar-refractivity contribution in [2.75, 3.05) is 11.4 Å². The summed E-state index contributed by atoms with van der Waals surface area (Å²) in [5.41, 5.74) is 1.05. The zero-order chi connectivity index (χ0) is 12.7. The second kappa shape index (κ2) is 4.65. The molecule has 3 rings (SSSR count). The Morgan fingerprint density at radius 2 is 2.17 bits per heavy atom. The van der Waals surface area contributed by atoms with Gasteiger partial charge in [0.2, 0.25) is 0 Å². The van der Waals surface area contributed by atoms with E-state index in [0.717, 1.165) is 41.0 Å². The fraction of sp³-hybridized carbons (Fsp3) is 0.714. The number of hydrogen-bond donors (Lipinski definition) is 0. The standard InChI is InChI=1S/C14H20N2OS/c1-9-6-7-16(10(2)8-9)14-15-11-4-3-5-12(17)13(11)18-14/h9-10H,3-8H2,1-2H3. The molecule has 2 unspecified atom stereocenters. The van der Waals surface area contributed by atoms with Crippen LogP contribution in [0.5, 0.6) is 0 Å². The average molecular weight is 264 g/mol. The number of piperidine rings is 1. The predicted octanol–water partition coefficient (Wildman–Crippen LogP) is 3.29. The van der Waals surface area contributed by atoms with Crippen LogP contribution in [0.4, 0.5) is 5.13 Å². The van der Waals surface area contributed by atoms with Crippen molar-refractivity contribution in [3.05, 3.63) is 10.6 Å². The van der Waals surface area contributed by atoms with E-state index < -0.39 is 0 Å². The van der Waals surface area contributed by atoms with Crippen molar-refractivity contribution in [3.8, 4) is 0 Å². The Balaban J connectivity index is 1.86. The van der Waals surface area contributed by atoms with E-state index in [1.165, 1.54) is 12.8 Å². The minimum absolute atomic E-state index is 0.304. The number of aromatic nitrogens is 1. The zero-order valence-corrected chi connectivity index (χ0v) is 11.9. The van der Waals surface area contributed by atoms with E-state index in [2.05, 4.69) is 18.7 Å². The summed E-state index contributed by atoms with van der Waals surface area (Å²) in [6.45, 7) is 5.69. The Hall–Kier alpha value is -0.900. The molecule has 0 aromatic carbocycles. The van der Waals surface area contributed by atoms with Crippen LogP contribution in [0.1, 0.15) is 54.9 Å². The van der Waals surface area contributed by atoms with Gasteiger partial charge in [-0.15, -0.1) is 0 Å². The van der Waals surface area contributed by atoms with Crippen molar-refractivity contribution < 1.29 is 4.79 Å². The maximum atomic E-state index is 11.9. The van der Waals surface area contributed by atoms with Crippen LogP contribution in [0.2, 0.25) is 0 Å². The molecule has 1 aliphatic heterocycles. The Morgan fingerprint density at radius 3 is 2.89 bits per heavy atom. The second-order valence-electron chi connectivity index (χ2n) is 5.72. The van der Waals surface area contributed by atoms with Gasteiger partial charge in [0.25, 0.3) is 0 Å². The summed E-state index contributed by atoms with van der Waals surface area (Å²) < 4.78 is 0. The molecule has 0 radical (unpaired) electrons. The van der Waals surface area contributed by atoms with Crippen LogP contribution in [0, 0.1) is 5.92 Å². The number of hydrogen-bond acceptors (Lipinski definition) is 4. The van der Waals surface area contributed by atoms with Gasteiger partial charge in [0.1, 0.15) is 0 Å². The monoisotopic (exact) mass is 264 g/mol. The first kappa shape index (κ1) is 12.2. The minimum Gasteiger partial charge on any atom is -0.345 e. The topological polar surface area (TPSA) is 33.2 Å². The van der Waals surface area contributed by atoms with Crippen LogP contribution in [-0.2, 0) is 6.42 Å². The summed E-state index contributed by atoms with van der Waals surface area (Å²) in [7, 11) is 0. The van der Waals surface area contributed by atoms with Crippen LogP contribution in [-0.4, -0.2) is 23.4 Å². The lowest BCUT2D eigenvalue weighted by molar-refractivity contribution is 0.0976. The van der Waals surface area contributed by atoms with Gasteiger partial charge >= 0.3 is 0 Å². The maximum absolute atomic E-state index is 11.9. The van der Waals surface area contributed by atoms with E-state index in [4.69, 9.17) is 4.98 Å². The largest absolute Gasteiger partial charge is 0.345 e. The van der Waals surface area contributed by atoms with E-state index >= 15 is 0 Å². The molecule has 0 spiro atoms. The molecule has 0 bridgehead atoms. The highest BCUT2D eigenvalue weighted by atomic mass is 32.1. The molecule has 0 saturated carbocycles. The van der Waals surface area contributed by atoms with Gasteiger partial charge in [-0.3, -0.25) is 4.79 Å². The molecule has 98 valence electrons. The summed E-state index contributed by atoms with van der Waals surface area (Å²) in [4.78, 5) is 19.9. The molecule has 0 amide bonds. The molecule has 2 atom stereocenters. The lowest BCUT2D eigenvalue weighted by atomic mass is 9.94. The van der Waals surface area contributed by atoms with Crippen molar-refractivity contribution in [3.63, 3.8) is 0 Å².